The number of nitrogens with two attached hydrogens (primary N) is 1. The Labute approximate surface area is 124 Å². The summed E-state index contributed by atoms with van der Waals surface area (Å²) in [6, 6.07) is 3.60. The SMILES string of the molecule is COCCN(CCOC)S(=O)(=O)c1ccc(F)c(CN)c1. The van der Waals surface area contributed by atoms with Gasteiger partial charge in [-0.05, 0) is 18.2 Å². The van der Waals surface area contributed by atoms with Crippen LogP contribution in [0.3, 0.4) is 0 Å². The number of benzene rings is 1. The summed E-state index contributed by atoms with van der Waals surface area (Å²) in [6.07, 6.45) is 0. The van der Waals surface area contributed by atoms with Crippen molar-refractivity contribution in [1.82, 2.24) is 4.31 Å². The molecule has 0 aliphatic carbocycles. The number of hydrogen-bond acceptors (Lipinski definition) is 5. The standard InChI is InChI=1S/C13H21FN2O4S/c1-19-7-5-16(6-8-20-2)21(17,18)12-3-4-13(14)11(9-12)10-15/h3-4,9H,5-8,10,15H2,1-2H3. The van der Waals surface area contributed by atoms with Gasteiger partial charge in [-0.15, -0.1) is 0 Å². The normalized spacial score (nSPS) is 12.0. The van der Waals surface area contributed by atoms with Crippen molar-refractivity contribution in [3.8, 4) is 0 Å². The monoisotopic (exact) mass is 320 g/mol. The molecule has 0 bridgehead atoms. The zero-order valence-corrected chi connectivity index (χ0v) is 13.0. The fourth-order valence-corrected chi connectivity index (χ4v) is 3.21. The largest absolute Gasteiger partial charge is 0.383 e. The molecule has 0 aromatic heterocycles. The molecule has 1 rings (SSSR count). The maximum Gasteiger partial charge on any atom is 0.243 e. The maximum absolute atomic E-state index is 13.4. The third-order valence-electron chi connectivity index (χ3n) is 2.96. The molecule has 1 aromatic rings. The first kappa shape index (κ1) is 18.0. The van der Waals surface area contributed by atoms with Gasteiger partial charge in [-0.1, -0.05) is 0 Å². The topological polar surface area (TPSA) is 81.9 Å². The molecule has 0 amide bonds. The summed E-state index contributed by atoms with van der Waals surface area (Å²) in [7, 11) is -0.761. The highest BCUT2D eigenvalue weighted by atomic mass is 32.2. The van der Waals surface area contributed by atoms with Crippen molar-refractivity contribution in [2.45, 2.75) is 11.4 Å². The zero-order chi connectivity index (χ0) is 15.9. The second kappa shape index (κ2) is 8.40. The molecule has 0 heterocycles. The Morgan fingerprint density at radius 1 is 1.19 bits per heavy atom. The molecule has 1 aromatic carbocycles. The van der Waals surface area contributed by atoms with Crippen molar-refractivity contribution in [2.24, 2.45) is 5.73 Å². The van der Waals surface area contributed by atoms with E-state index in [1.54, 1.807) is 0 Å². The van der Waals surface area contributed by atoms with Crippen molar-refractivity contribution in [2.75, 3.05) is 40.5 Å². The van der Waals surface area contributed by atoms with Crippen molar-refractivity contribution in [1.29, 1.82) is 0 Å². The van der Waals surface area contributed by atoms with Gasteiger partial charge in [0.05, 0.1) is 18.1 Å². The second-order valence-corrected chi connectivity index (χ2v) is 6.28. The van der Waals surface area contributed by atoms with E-state index in [0.29, 0.717) is 0 Å². The van der Waals surface area contributed by atoms with Crippen molar-refractivity contribution >= 4 is 10.0 Å². The van der Waals surface area contributed by atoms with E-state index >= 15 is 0 Å². The molecular formula is C13H21FN2O4S. The van der Waals surface area contributed by atoms with Gasteiger partial charge in [0.15, 0.2) is 0 Å². The quantitative estimate of drug-likeness (QED) is 0.719. The predicted molar refractivity (Wildman–Crippen MR) is 76.8 cm³/mol. The van der Waals surface area contributed by atoms with Crippen LogP contribution in [0.15, 0.2) is 23.1 Å². The van der Waals surface area contributed by atoms with Crippen molar-refractivity contribution in [3.05, 3.63) is 29.6 Å². The Hall–Kier alpha value is -1.06. The van der Waals surface area contributed by atoms with Crippen molar-refractivity contribution in [3.63, 3.8) is 0 Å². The summed E-state index contributed by atoms with van der Waals surface area (Å²) in [4.78, 5) is 0.0107. The van der Waals surface area contributed by atoms with Gasteiger partial charge >= 0.3 is 0 Å². The van der Waals surface area contributed by atoms with Gasteiger partial charge in [0, 0.05) is 39.4 Å². The van der Waals surface area contributed by atoms with E-state index in [1.807, 2.05) is 0 Å². The molecule has 0 unspecified atom stereocenters. The Bertz CT molecular complexity index is 543. The van der Waals surface area contributed by atoms with Crippen LogP contribution in [0.5, 0.6) is 0 Å². The molecule has 0 aliphatic heterocycles. The van der Waals surface area contributed by atoms with Gasteiger partial charge in [0.1, 0.15) is 5.82 Å². The summed E-state index contributed by atoms with van der Waals surface area (Å²) in [6.45, 7) is 0.835. The smallest absolute Gasteiger partial charge is 0.243 e. The molecule has 0 spiro atoms. The van der Waals surface area contributed by atoms with Gasteiger partial charge in [-0.25, -0.2) is 12.8 Å². The Morgan fingerprint density at radius 3 is 2.24 bits per heavy atom. The molecule has 0 aliphatic rings. The van der Waals surface area contributed by atoms with Crippen LogP contribution >= 0.6 is 0 Å². The lowest BCUT2D eigenvalue weighted by Crippen LogP contribution is -2.36. The zero-order valence-electron chi connectivity index (χ0n) is 12.2. The first-order chi connectivity index (χ1) is 9.97. The highest BCUT2D eigenvalue weighted by Crippen LogP contribution is 2.19. The van der Waals surface area contributed by atoms with E-state index in [0.717, 1.165) is 6.07 Å². The molecule has 0 saturated heterocycles. The first-order valence-electron chi connectivity index (χ1n) is 6.44. The number of sulfonamides is 1. The summed E-state index contributed by atoms with van der Waals surface area (Å²) < 4.78 is 49.7. The van der Waals surface area contributed by atoms with Crippen LogP contribution in [0.1, 0.15) is 5.56 Å². The number of ether oxygens (including phenoxy) is 2. The fraction of sp³-hybridized carbons (Fsp3) is 0.538. The molecule has 0 radical (unpaired) electrons. The van der Waals surface area contributed by atoms with Crippen LogP contribution < -0.4 is 5.73 Å². The minimum Gasteiger partial charge on any atom is -0.383 e. The third kappa shape index (κ3) is 4.72. The number of rotatable bonds is 9. The molecule has 120 valence electrons. The Balaban J connectivity index is 3.08. The van der Waals surface area contributed by atoms with Crippen LogP contribution in [0.2, 0.25) is 0 Å². The van der Waals surface area contributed by atoms with E-state index in [9.17, 15) is 12.8 Å². The van der Waals surface area contributed by atoms with Crippen LogP contribution in [0.25, 0.3) is 0 Å². The van der Waals surface area contributed by atoms with Gasteiger partial charge in [0.25, 0.3) is 0 Å². The molecule has 21 heavy (non-hydrogen) atoms. The van der Waals surface area contributed by atoms with Crippen LogP contribution in [-0.2, 0) is 26.0 Å². The highest BCUT2D eigenvalue weighted by molar-refractivity contribution is 7.89. The minimum atomic E-state index is -3.74. The maximum atomic E-state index is 13.4. The number of halogens is 1. The molecule has 6 nitrogen and oxygen atoms in total. The lowest BCUT2D eigenvalue weighted by atomic mass is 10.2. The number of nitrogens with zero attached hydrogens (tertiary/aromatic N) is 1. The van der Waals surface area contributed by atoms with E-state index in [-0.39, 0.29) is 43.3 Å². The summed E-state index contributed by atoms with van der Waals surface area (Å²) in [5, 5.41) is 0. The average Bonchev–Trinajstić information content (AvgIpc) is 2.47. The lowest BCUT2D eigenvalue weighted by Gasteiger charge is -2.22. The minimum absolute atomic E-state index is 0.0107. The van der Waals surface area contributed by atoms with E-state index < -0.39 is 15.8 Å². The molecule has 2 N–H and O–H groups in total. The fourth-order valence-electron chi connectivity index (χ4n) is 1.76. The molecule has 8 heteroatoms. The first-order valence-corrected chi connectivity index (χ1v) is 7.88. The number of methoxy groups -OCH3 is 2. The predicted octanol–water partition coefficient (Wildman–Crippen LogP) is 0.568. The van der Waals surface area contributed by atoms with Crippen LogP contribution in [0, 0.1) is 5.82 Å². The molecule has 0 atom stereocenters. The molecule has 0 saturated carbocycles. The molecule has 0 fully saturated rings. The van der Waals surface area contributed by atoms with Gasteiger partial charge in [-0.2, -0.15) is 4.31 Å². The van der Waals surface area contributed by atoms with E-state index in [4.69, 9.17) is 15.2 Å². The summed E-state index contributed by atoms with van der Waals surface area (Å²) in [5.74, 6) is -0.517. The third-order valence-corrected chi connectivity index (χ3v) is 4.86. The highest BCUT2D eigenvalue weighted by Gasteiger charge is 2.24. The Kier molecular flexibility index (Phi) is 7.20. The van der Waals surface area contributed by atoms with Crippen molar-refractivity contribution < 1.29 is 22.3 Å². The van der Waals surface area contributed by atoms with Gasteiger partial charge < -0.3 is 15.2 Å². The van der Waals surface area contributed by atoms with Crippen LogP contribution in [0.4, 0.5) is 4.39 Å². The summed E-state index contributed by atoms with van der Waals surface area (Å²) in [5.41, 5.74) is 5.57. The molecular weight excluding hydrogens is 299 g/mol. The van der Waals surface area contributed by atoms with E-state index in [1.165, 1.54) is 30.7 Å². The van der Waals surface area contributed by atoms with Crippen LogP contribution in [-0.4, -0.2) is 53.2 Å². The van der Waals surface area contributed by atoms with Gasteiger partial charge in [0.2, 0.25) is 10.0 Å². The lowest BCUT2D eigenvalue weighted by molar-refractivity contribution is 0.150. The summed E-state index contributed by atoms with van der Waals surface area (Å²) >= 11 is 0. The second-order valence-electron chi connectivity index (χ2n) is 4.35. The number of hydrogen-bond donors (Lipinski definition) is 1. The van der Waals surface area contributed by atoms with Gasteiger partial charge in [-0.3, -0.25) is 0 Å². The Morgan fingerprint density at radius 2 is 1.76 bits per heavy atom. The van der Waals surface area contributed by atoms with E-state index in [2.05, 4.69) is 0 Å². The average molecular weight is 320 g/mol.